The van der Waals surface area contributed by atoms with Crippen molar-refractivity contribution >= 4 is 11.5 Å². The van der Waals surface area contributed by atoms with Gasteiger partial charge in [-0.3, -0.25) is 0 Å². The number of nitrogens with one attached hydrogen (secondary N) is 1. The van der Waals surface area contributed by atoms with E-state index in [2.05, 4.69) is 22.2 Å². The van der Waals surface area contributed by atoms with E-state index in [1.807, 2.05) is 28.9 Å². The maximum absolute atomic E-state index is 9.60. The topological polar surface area (TPSA) is 62.5 Å². The van der Waals surface area contributed by atoms with Crippen LogP contribution in [0.15, 0.2) is 42.9 Å². The second-order valence-electron chi connectivity index (χ2n) is 4.61. The Hall–Kier alpha value is -2.56. The molecule has 102 valence electrons. The fourth-order valence-electron chi connectivity index (χ4n) is 2.10. The largest absolute Gasteiger partial charge is 0.508 e. The number of nitrogens with zero attached hydrogens (tertiary/aromatic N) is 3. The maximum atomic E-state index is 9.60. The van der Waals surface area contributed by atoms with Gasteiger partial charge in [-0.05, 0) is 18.6 Å². The van der Waals surface area contributed by atoms with E-state index >= 15 is 0 Å². The molecule has 0 unspecified atom stereocenters. The van der Waals surface area contributed by atoms with E-state index < -0.39 is 0 Å². The molecular weight excluding hydrogens is 252 g/mol. The van der Waals surface area contributed by atoms with Crippen molar-refractivity contribution in [2.24, 2.45) is 0 Å². The summed E-state index contributed by atoms with van der Waals surface area (Å²) in [6, 6.07) is 7.09. The molecule has 3 rings (SSSR count). The number of aromatic nitrogens is 3. The van der Waals surface area contributed by atoms with Gasteiger partial charge >= 0.3 is 0 Å². The fourth-order valence-corrected chi connectivity index (χ4v) is 2.10. The van der Waals surface area contributed by atoms with Crippen molar-refractivity contribution in [2.45, 2.75) is 13.3 Å². The monoisotopic (exact) mass is 268 g/mol. The van der Waals surface area contributed by atoms with Crippen LogP contribution < -0.4 is 5.32 Å². The first kappa shape index (κ1) is 12.5. The zero-order chi connectivity index (χ0) is 13.9. The highest BCUT2D eigenvalue weighted by molar-refractivity contribution is 5.69. The van der Waals surface area contributed by atoms with Crippen LogP contribution in [0.25, 0.3) is 16.9 Å². The van der Waals surface area contributed by atoms with Gasteiger partial charge in [0.1, 0.15) is 5.75 Å². The van der Waals surface area contributed by atoms with Crippen molar-refractivity contribution in [3.05, 3.63) is 42.9 Å². The van der Waals surface area contributed by atoms with Crippen molar-refractivity contribution in [1.82, 2.24) is 14.4 Å². The molecule has 0 aliphatic carbocycles. The molecule has 0 atom stereocenters. The molecule has 0 aliphatic heterocycles. The summed E-state index contributed by atoms with van der Waals surface area (Å²) >= 11 is 0. The summed E-state index contributed by atoms with van der Waals surface area (Å²) in [4.78, 5) is 8.93. The van der Waals surface area contributed by atoms with Crippen molar-refractivity contribution in [1.29, 1.82) is 0 Å². The highest BCUT2D eigenvalue weighted by Crippen LogP contribution is 2.24. The van der Waals surface area contributed by atoms with Gasteiger partial charge in [-0.15, -0.1) is 0 Å². The van der Waals surface area contributed by atoms with Crippen LogP contribution in [0, 0.1) is 0 Å². The van der Waals surface area contributed by atoms with E-state index in [9.17, 15) is 5.11 Å². The summed E-state index contributed by atoms with van der Waals surface area (Å²) in [6.45, 7) is 2.95. The van der Waals surface area contributed by atoms with Crippen LogP contribution in [0.4, 0.5) is 5.82 Å². The lowest BCUT2D eigenvalue weighted by Crippen LogP contribution is -2.05. The predicted octanol–water partition coefficient (Wildman–Crippen LogP) is 2.92. The number of phenolic OH excluding ortho intramolecular Hbond substituents is 1. The number of benzene rings is 1. The van der Waals surface area contributed by atoms with Crippen LogP contribution >= 0.6 is 0 Å². The highest BCUT2D eigenvalue weighted by Gasteiger charge is 2.08. The van der Waals surface area contributed by atoms with Gasteiger partial charge in [0, 0.05) is 30.7 Å². The number of aromatic hydroxyl groups is 1. The third-order valence-electron chi connectivity index (χ3n) is 3.06. The normalized spacial score (nSPS) is 10.8. The van der Waals surface area contributed by atoms with Crippen LogP contribution in [0.5, 0.6) is 5.75 Å². The van der Waals surface area contributed by atoms with E-state index in [4.69, 9.17) is 0 Å². The van der Waals surface area contributed by atoms with Crippen LogP contribution in [0.1, 0.15) is 13.3 Å². The second-order valence-corrected chi connectivity index (χ2v) is 4.61. The average Bonchev–Trinajstić information content (AvgIpc) is 2.93. The van der Waals surface area contributed by atoms with E-state index in [0.29, 0.717) is 0 Å². The number of anilines is 1. The van der Waals surface area contributed by atoms with E-state index in [0.717, 1.165) is 35.7 Å². The minimum atomic E-state index is 0.234. The van der Waals surface area contributed by atoms with Gasteiger partial charge in [-0.2, -0.15) is 0 Å². The van der Waals surface area contributed by atoms with Gasteiger partial charge in [0.05, 0.1) is 5.69 Å². The van der Waals surface area contributed by atoms with E-state index in [-0.39, 0.29) is 5.75 Å². The first-order chi connectivity index (χ1) is 9.78. The summed E-state index contributed by atoms with van der Waals surface area (Å²) in [5, 5.41) is 12.9. The summed E-state index contributed by atoms with van der Waals surface area (Å²) < 4.78 is 1.93. The minimum absolute atomic E-state index is 0.234. The van der Waals surface area contributed by atoms with E-state index in [1.54, 1.807) is 18.3 Å². The summed E-state index contributed by atoms with van der Waals surface area (Å²) in [5.41, 5.74) is 2.48. The number of fused-ring (bicyclic) bond motifs is 1. The standard InChI is InChI=1S/C15H16N4O/c1-2-6-16-14-15-17-7-8-19(15)10-13(18-14)11-4-3-5-12(20)9-11/h3-5,7-10,20H,2,6H2,1H3,(H,16,18). The van der Waals surface area contributed by atoms with Gasteiger partial charge < -0.3 is 14.8 Å². The van der Waals surface area contributed by atoms with Gasteiger partial charge in [0.25, 0.3) is 0 Å². The maximum Gasteiger partial charge on any atom is 0.180 e. The summed E-state index contributed by atoms with van der Waals surface area (Å²) in [6.07, 6.45) is 6.57. The van der Waals surface area contributed by atoms with Gasteiger partial charge in [-0.1, -0.05) is 19.1 Å². The first-order valence-electron chi connectivity index (χ1n) is 6.65. The van der Waals surface area contributed by atoms with Crippen molar-refractivity contribution in [3.8, 4) is 17.0 Å². The molecule has 2 N–H and O–H groups in total. The molecule has 20 heavy (non-hydrogen) atoms. The molecule has 0 radical (unpaired) electrons. The molecule has 3 aromatic rings. The number of hydrogen-bond acceptors (Lipinski definition) is 4. The molecule has 5 nitrogen and oxygen atoms in total. The minimum Gasteiger partial charge on any atom is -0.508 e. The number of hydrogen-bond donors (Lipinski definition) is 2. The van der Waals surface area contributed by atoms with Crippen molar-refractivity contribution in [3.63, 3.8) is 0 Å². The van der Waals surface area contributed by atoms with E-state index in [1.165, 1.54) is 0 Å². The molecule has 2 aromatic heterocycles. The Balaban J connectivity index is 2.11. The van der Waals surface area contributed by atoms with Gasteiger partial charge in [0.15, 0.2) is 11.5 Å². The Bertz CT molecular complexity index is 736. The molecule has 0 spiro atoms. The Morgan fingerprint density at radius 1 is 1.35 bits per heavy atom. The van der Waals surface area contributed by atoms with Crippen LogP contribution in [0.3, 0.4) is 0 Å². The molecule has 0 bridgehead atoms. The molecule has 2 heterocycles. The zero-order valence-electron chi connectivity index (χ0n) is 11.2. The number of phenols is 1. The Kier molecular flexibility index (Phi) is 3.25. The van der Waals surface area contributed by atoms with Crippen LogP contribution in [-0.2, 0) is 0 Å². The summed E-state index contributed by atoms with van der Waals surface area (Å²) in [7, 11) is 0. The molecule has 1 aromatic carbocycles. The Morgan fingerprint density at radius 2 is 2.25 bits per heavy atom. The lowest BCUT2D eigenvalue weighted by atomic mass is 10.1. The average molecular weight is 268 g/mol. The molecular formula is C15H16N4O. The molecule has 0 saturated carbocycles. The van der Waals surface area contributed by atoms with Crippen LogP contribution in [-0.4, -0.2) is 26.0 Å². The van der Waals surface area contributed by atoms with Crippen LogP contribution in [0.2, 0.25) is 0 Å². The third-order valence-corrected chi connectivity index (χ3v) is 3.06. The zero-order valence-corrected chi connectivity index (χ0v) is 11.2. The number of rotatable bonds is 4. The number of imidazole rings is 1. The lowest BCUT2D eigenvalue weighted by Gasteiger charge is -2.09. The lowest BCUT2D eigenvalue weighted by molar-refractivity contribution is 0.475. The smallest absolute Gasteiger partial charge is 0.180 e. The molecule has 5 heteroatoms. The molecule has 0 saturated heterocycles. The predicted molar refractivity (Wildman–Crippen MR) is 78.9 cm³/mol. The first-order valence-corrected chi connectivity index (χ1v) is 6.65. The highest BCUT2D eigenvalue weighted by atomic mass is 16.3. The Labute approximate surface area is 116 Å². The molecule has 0 amide bonds. The quantitative estimate of drug-likeness (QED) is 0.763. The summed E-state index contributed by atoms with van der Waals surface area (Å²) in [5.74, 6) is 0.996. The fraction of sp³-hybridized carbons (Fsp3) is 0.200. The Morgan fingerprint density at radius 3 is 3.05 bits per heavy atom. The van der Waals surface area contributed by atoms with Gasteiger partial charge in [0.2, 0.25) is 0 Å². The molecule has 0 aliphatic rings. The van der Waals surface area contributed by atoms with Crippen molar-refractivity contribution in [2.75, 3.05) is 11.9 Å². The van der Waals surface area contributed by atoms with Gasteiger partial charge in [-0.25, -0.2) is 9.97 Å². The van der Waals surface area contributed by atoms with Crippen molar-refractivity contribution < 1.29 is 5.11 Å². The SMILES string of the molecule is CCCNc1nc(-c2cccc(O)c2)cn2ccnc12. The molecule has 0 fully saturated rings. The third kappa shape index (κ3) is 2.30. The second kappa shape index (κ2) is 5.21.